The standard InChI is InChI=1S/C23H24N4OS2/c28-21-12-16(24-23-27(21)18-8-2-4-10-20(18)30-23)14-26-11-5-6-15(13-26)22-25-17-7-1-3-9-19(17)29-22/h1,3,7,9,12,15H,2,4-6,8,10-11,13-14H2. The van der Waals surface area contributed by atoms with E-state index in [1.54, 1.807) is 17.4 Å². The molecule has 0 saturated carbocycles. The lowest BCUT2D eigenvalue weighted by Crippen LogP contribution is -2.34. The van der Waals surface area contributed by atoms with Crippen molar-refractivity contribution >= 4 is 37.9 Å². The highest BCUT2D eigenvalue weighted by molar-refractivity contribution is 7.18. The molecule has 4 heterocycles. The molecule has 1 saturated heterocycles. The minimum absolute atomic E-state index is 0.0918. The molecule has 6 rings (SSSR count). The molecule has 30 heavy (non-hydrogen) atoms. The molecule has 1 aliphatic carbocycles. The van der Waals surface area contributed by atoms with Gasteiger partial charge in [-0.1, -0.05) is 12.1 Å². The van der Waals surface area contributed by atoms with Crippen LogP contribution in [-0.2, 0) is 19.4 Å². The second kappa shape index (κ2) is 7.55. The number of aromatic nitrogens is 3. The molecule has 4 aromatic rings. The van der Waals surface area contributed by atoms with E-state index in [2.05, 4.69) is 29.2 Å². The molecule has 0 radical (unpaired) electrons. The van der Waals surface area contributed by atoms with Crippen molar-refractivity contribution in [3.05, 3.63) is 62.0 Å². The predicted octanol–water partition coefficient (Wildman–Crippen LogP) is 4.62. The normalized spacial score (nSPS) is 20.1. The molecule has 1 unspecified atom stereocenters. The quantitative estimate of drug-likeness (QED) is 0.470. The van der Waals surface area contributed by atoms with E-state index in [1.165, 1.54) is 39.5 Å². The topological polar surface area (TPSA) is 50.5 Å². The van der Waals surface area contributed by atoms with E-state index in [0.29, 0.717) is 5.92 Å². The van der Waals surface area contributed by atoms with Crippen LogP contribution in [0.5, 0.6) is 0 Å². The van der Waals surface area contributed by atoms with Crippen molar-refractivity contribution in [2.75, 3.05) is 13.1 Å². The second-order valence-electron chi connectivity index (χ2n) is 8.48. The maximum absolute atomic E-state index is 12.9. The highest BCUT2D eigenvalue weighted by atomic mass is 32.1. The van der Waals surface area contributed by atoms with Gasteiger partial charge in [-0.25, -0.2) is 9.97 Å². The molecule has 0 amide bonds. The van der Waals surface area contributed by atoms with Crippen LogP contribution in [0.1, 0.15) is 52.9 Å². The fraction of sp³-hybridized carbons (Fsp3) is 0.435. The van der Waals surface area contributed by atoms with Crippen molar-refractivity contribution in [1.29, 1.82) is 0 Å². The number of hydrogen-bond donors (Lipinski definition) is 0. The second-order valence-corrected chi connectivity index (χ2v) is 10.6. The van der Waals surface area contributed by atoms with Gasteiger partial charge in [-0.2, -0.15) is 0 Å². The molecule has 1 aliphatic heterocycles. The van der Waals surface area contributed by atoms with E-state index in [1.807, 2.05) is 15.7 Å². The minimum atomic E-state index is 0.0918. The largest absolute Gasteiger partial charge is 0.297 e. The third-order valence-electron chi connectivity index (χ3n) is 6.37. The Kier molecular flexibility index (Phi) is 4.70. The lowest BCUT2D eigenvalue weighted by molar-refractivity contribution is 0.198. The zero-order chi connectivity index (χ0) is 20.1. The zero-order valence-corrected chi connectivity index (χ0v) is 18.5. The van der Waals surface area contributed by atoms with Crippen LogP contribution in [0.25, 0.3) is 15.2 Å². The molecule has 5 nitrogen and oxygen atoms in total. The van der Waals surface area contributed by atoms with Crippen LogP contribution in [-0.4, -0.2) is 32.4 Å². The van der Waals surface area contributed by atoms with Gasteiger partial charge in [0, 0.05) is 35.6 Å². The van der Waals surface area contributed by atoms with E-state index in [-0.39, 0.29) is 5.56 Å². The number of thiazole rings is 2. The summed E-state index contributed by atoms with van der Waals surface area (Å²) in [6, 6.07) is 10.2. The maximum Gasteiger partial charge on any atom is 0.259 e. The Labute approximate surface area is 183 Å². The molecule has 154 valence electrons. The van der Waals surface area contributed by atoms with E-state index < -0.39 is 0 Å². The van der Waals surface area contributed by atoms with Gasteiger partial charge in [-0.3, -0.25) is 14.1 Å². The van der Waals surface area contributed by atoms with E-state index >= 15 is 0 Å². The van der Waals surface area contributed by atoms with Gasteiger partial charge >= 0.3 is 0 Å². The van der Waals surface area contributed by atoms with Crippen molar-refractivity contribution < 1.29 is 0 Å². The third kappa shape index (κ3) is 3.29. The highest BCUT2D eigenvalue weighted by Crippen LogP contribution is 2.33. The first-order chi connectivity index (χ1) is 14.7. The zero-order valence-electron chi connectivity index (χ0n) is 16.8. The average Bonchev–Trinajstić information content (AvgIpc) is 3.35. The van der Waals surface area contributed by atoms with Gasteiger partial charge in [0.25, 0.3) is 5.56 Å². The highest BCUT2D eigenvalue weighted by Gasteiger charge is 2.25. The number of hydrogen-bond acceptors (Lipinski definition) is 6. The molecule has 1 fully saturated rings. The van der Waals surface area contributed by atoms with Gasteiger partial charge < -0.3 is 0 Å². The van der Waals surface area contributed by atoms with Crippen LogP contribution >= 0.6 is 22.7 Å². The molecule has 0 bridgehead atoms. The molecular formula is C23H24N4OS2. The number of benzene rings is 1. The fourth-order valence-corrected chi connectivity index (χ4v) is 7.24. The Morgan fingerprint density at radius 2 is 1.97 bits per heavy atom. The van der Waals surface area contributed by atoms with Gasteiger partial charge in [0.15, 0.2) is 4.96 Å². The number of fused-ring (bicyclic) bond motifs is 4. The molecule has 0 N–H and O–H groups in total. The van der Waals surface area contributed by atoms with Crippen molar-refractivity contribution in [3.63, 3.8) is 0 Å². The summed E-state index contributed by atoms with van der Waals surface area (Å²) in [5.41, 5.74) is 3.31. The number of nitrogens with zero attached hydrogens (tertiary/aromatic N) is 4. The monoisotopic (exact) mass is 436 g/mol. The van der Waals surface area contributed by atoms with Gasteiger partial charge in [-0.05, 0) is 57.2 Å². The lowest BCUT2D eigenvalue weighted by atomic mass is 9.98. The molecule has 1 aromatic carbocycles. The number of piperidine rings is 1. The lowest BCUT2D eigenvalue weighted by Gasteiger charge is -2.31. The number of aryl methyl sites for hydroxylation is 2. The van der Waals surface area contributed by atoms with E-state index in [4.69, 9.17) is 9.97 Å². The Morgan fingerprint density at radius 3 is 2.90 bits per heavy atom. The summed E-state index contributed by atoms with van der Waals surface area (Å²) in [5.74, 6) is 0.468. The van der Waals surface area contributed by atoms with E-state index in [9.17, 15) is 4.79 Å². The molecule has 1 atom stereocenters. The summed E-state index contributed by atoms with van der Waals surface area (Å²) < 4.78 is 3.13. The van der Waals surface area contributed by atoms with Crippen molar-refractivity contribution in [3.8, 4) is 0 Å². The Bertz CT molecular complexity index is 1250. The first-order valence-electron chi connectivity index (χ1n) is 10.9. The van der Waals surface area contributed by atoms with Crippen LogP contribution in [0, 0.1) is 0 Å². The molecule has 3 aromatic heterocycles. The van der Waals surface area contributed by atoms with Gasteiger partial charge in [0.05, 0.1) is 20.9 Å². The Morgan fingerprint density at radius 1 is 1.07 bits per heavy atom. The van der Waals surface area contributed by atoms with Crippen LogP contribution in [0.3, 0.4) is 0 Å². The van der Waals surface area contributed by atoms with Crippen molar-refractivity contribution in [2.45, 2.75) is 51.0 Å². The average molecular weight is 437 g/mol. The van der Waals surface area contributed by atoms with E-state index in [0.717, 1.165) is 55.1 Å². The van der Waals surface area contributed by atoms with Crippen molar-refractivity contribution in [2.24, 2.45) is 0 Å². The fourth-order valence-electron chi connectivity index (χ4n) is 4.92. The molecule has 0 spiro atoms. The van der Waals surface area contributed by atoms with Crippen LogP contribution in [0.4, 0.5) is 0 Å². The number of para-hydroxylation sites is 1. The van der Waals surface area contributed by atoms with Crippen LogP contribution in [0.15, 0.2) is 35.1 Å². The first-order valence-corrected chi connectivity index (χ1v) is 12.5. The van der Waals surface area contributed by atoms with Gasteiger partial charge in [0.2, 0.25) is 0 Å². The Hall–Kier alpha value is -2.09. The summed E-state index contributed by atoms with van der Waals surface area (Å²) in [6.45, 7) is 2.79. The summed E-state index contributed by atoms with van der Waals surface area (Å²) >= 11 is 3.54. The smallest absolute Gasteiger partial charge is 0.259 e. The van der Waals surface area contributed by atoms with Crippen LogP contribution < -0.4 is 5.56 Å². The molecular weight excluding hydrogens is 412 g/mol. The summed E-state index contributed by atoms with van der Waals surface area (Å²) in [4.78, 5) is 27.3. The molecule has 2 aliphatic rings. The minimum Gasteiger partial charge on any atom is -0.297 e. The Balaban J connectivity index is 1.25. The third-order valence-corrected chi connectivity index (χ3v) is 8.71. The SMILES string of the molecule is O=c1cc(CN2CCCC(c3nc4ccccc4s3)C2)nc2sc3c(n12)CCCC3. The molecule has 7 heteroatoms. The maximum atomic E-state index is 12.9. The summed E-state index contributed by atoms with van der Waals surface area (Å²) in [7, 11) is 0. The van der Waals surface area contributed by atoms with Crippen molar-refractivity contribution in [1.82, 2.24) is 19.3 Å². The summed E-state index contributed by atoms with van der Waals surface area (Å²) in [5, 5.41) is 1.25. The van der Waals surface area contributed by atoms with Gasteiger partial charge in [0.1, 0.15) is 0 Å². The first kappa shape index (κ1) is 18.7. The van der Waals surface area contributed by atoms with Gasteiger partial charge in [-0.15, -0.1) is 22.7 Å². The number of likely N-dealkylation sites (tertiary alicyclic amines) is 1. The summed E-state index contributed by atoms with van der Waals surface area (Å²) in [6.07, 6.45) is 6.84. The number of rotatable bonds is 3. The predicted molar refractivity (Wildman–Crippen MR) is 123 cm³/mol. The van der Waals surface area contributed by atoms with Crippen LogP contribution in [0.2, 0.25) is 0 Å².